The Kier molecular flexibility index (Phi) is 9.29. The zero-order chi connectivity index (χ0) is 20.2. The van der Waals surface area contributed by atoms with E-state index in [9.17, 15) is 39.1 Å². The van der Waals surface area contributed by atoms with Gasteiger partial charge in [0.2, 0.25) is 0 Å². The molecule has 0 amide bonds. The van der Waals surface area contributed by atoms with Gasteiger partial charge in [-0.25, -0.2) is 0 Å². The van der Waals surface area contributed by atoms with E-state index >= 15 is 0 Å². The van der Waals surface area contributed by atoms with Crippen LogP contribution in [0, 0.1) is 0 Å². The van der Waals surface area contributed by atoms with E-state index in [0.29, 0.717) is 0 Å². The molecular formula is C12H25O12SSe+. The Morgan fingerprint density at radius 2 is 1.62 bits per heavy atom. The Morgan fingerprint density at radius 3 is 2.08 bits per heavy atom. The molecule has 156 valence electrons. The fourth-order valence-corrected chi connectivity index (χ4v) is 9.42. The van der Waals surface area contributed by atoms with Crippen LogP contribution in [0.5, 0.6) is 0 Å². The first kappa shape index (κ1) is 24.1. The number of aliphatic hydroxyl groups excluding tert-OH is 8. The zero-order valence-corrected chi connectivity index (χ0v) is 16.0. The van der Waals surface area contributed by atoms with Gasteiger partial charge in [0.25, 0.3) is 0 Å². The molecule has 9 N–H and O–H groups in total. The summed E-state index contributed by atoms with van der Waals surface area (Å²) in [6, 6.07) is 0. The third kappa shape index (κ3) is 6.31. The SMILES string of the molecule is O=S(=O)(O)O[C@@H]([C@H](O)[C@H](O)CO)[C@@H](O)C[Se+]1C[C@H](O)[C@H](O)[C@H]1[C@H](O)CO. The molecule has 1 heterocycles. The summed E-state index contributed by atoms with van der Waals surface area (Å²) in [6.07, 6.45) is -11.7. The van der Waals surface area contributed by atoms with Gasteiger partial charge in [-0.15, -0.1) is 0 Å². The molecule has 12 nitrogen and oxygen atoms in total. The minimum absolute atomic E-state index is 0.0111. The monoisotopic (exact) mass is 473 g/mol. The summed E-state index contributed by atoms with van der Waals surface area (Å²) in [7, 11) is -5.13. The van der Waals surface area contributed by atoms with Crippen molar-refractivity contribution in [3.8, 4) is 0 Å². The van der Waals surface area contributed by atoms with Crippen LogP contribution in [0.4, 0.5) is 0 Å². The van der Waals surface area contributed by atoms with Gasteiger partial charge in [0.1, 0.15) is 0 Å². The van der Waals surface area contributed by atoms with Gasteiger partial charge in [0, 0.05) is 0 Å². The third-order valence-electron chi connectivity index (χ3n) is 3.98. The van der Waals surface area contributed by atoms with Crippen LogP contribution in [0.15, 0.2) is 0 Å². The molecule has 0 aliphatic carbocycles. The van der Waals surface area contributed by atoms with E-state index in [4.69, 9.17) is 14.8 Å². The van der Waals surface area contributed by atoms with Crippen molar-refractivity contribution in [3.05, 3.63) is 0 Å². The molecular weight excluding hydrogens is 447 g/mol. The van der Waals surface area contributed by atoms with Crippen LogP contribution in [0.2, 0.25) is 15.5 Å². The average molecular weight is 472 g/mol. The summed E-state index contributed by atoms with van der Waals surface area (Å²) in [4.78, 5) is -0.934. The molecule has 1 aliphatic heterocycles. The molecule has 0 aromatic rings. The van der Waals surface area contributed by atoms with Gasteiger partial charge >= 0.3 is 154 Å². The molecule has 0 saturated carbocycles. The summed E-state index contributed by atoms with van der Waals surface area (Å²) in [5.41, 5.74) is 0. The first-order valence-corrected chi connectivity index (χ1v) is 12.3. The maximum absolute atomic E-state index is 10.9. The van der Waals surface area contributed by atoms with E-state index in [1.807, 2.05) is 0 Å². The Balaban J connectivity index is 2.98. The number of rotatable bonds is 10. The molecule has 0 radical (unpaired) electrons. The summed E-state index contributed by atoms with van der Waals surface area (Å²) < 4.78 is 34.9. The Bertz CT molecular complexity index is 532. The van der Waals surface area contributed by atoms with Crippen molar-refractivity contribution < 1.29 is 58.0 Å². The second-order valence-corrected chi connectivity index (χ2v) is 11.8. The molecule has 9 atom stereocenters. The molecule has 1 saturated heterocycles. The van der Waals surface area contributed by atoms with Crippen LogP contribution in [0.3, 0.4) is 0 Å². The van der Waals surface area contributed by atoms with Crippen molar-refractivity contribution in [3.63, 3.8) is 0 Å². The molecule has 1 rings (SSSR count). The summed E-state index contributed by atoms with van der Waals surface area (Å²) >= 11 is -2.26. The number of aliphatic hydroxyl groups is 8. The van der Waals surface area contributed by atoms with Crippen LogP contribution < -0.4 is 0 Å². The van der Waals surface area contributed by atoms with Crippen LogP contribution in [-0.2, 0) is 14.6 Å². The number of hydrogen-bond acceptors (Lipinski definition) is 11. The summed E-state index contributed by atoms with van der Waals surface area (Å²) in [6.45, 7) is -1.69. The van der Waals surface area contributed by atoms with Gasteiger partial charge < -0.3 is 0 Å². The van der Waals surface area contributed by atoms with Crippen molar-refractivity contribution >= 4 is 24.3 Å². The molecule has 0 aromatic carbocycles. The van der Waals surface area contributed by atoms with Gasteiger partial charge in [0.15, 0.2) is 0 Å². The van der Waals surface area contributed by atoms with Gasteiger partial charge in [-0.3, -0.25) is 0 Å². The van der Waals surface area contributed by atoms with Gasteiger partial charge in [-0.1, -0.05) is 0 Å². The van der Waals surface area contributed by atoms with Gasteiger partial charge in [-0.05, 0) is 0 Å². The Labute approximate surface area is 154 Å². The molecule has 1 unspecified atom stereocenters. The van der Waals surface area contributed by atoms with E-state index in [2.05, 4.69) is 4.18 Å². The molecule has 1 aliphatic rings. The van der Waals surface area contributed by atoms with Crippen LogP contribution in [0.25, 0.3) is 0 Å². The fraction of sp³-hybridized carbons (Fsp3) is 1.00. The molecule has 26 heavy (non-hydrogen) atoms. The first-order chi connectivity index (χ1) is 11.9. The summed E-state index contributed by atoms with van der Waals surface area (Å²) in [5, 5.41) is 76.8. The van der Waals surface area contributed by atoms with Gasteiger partial charge in [0.05, 0.1) is 0 Å². The zero-order valence-electron chi connectivity index (χ0n) is 13.5. The van der Waals surface area contributed by atoms with E-state index in [1.165, 1.54) is 0 Å². The van der Waals surface area contributed by atoms with E-state index in [1.54, 1.807) is 0 Å². The molecule has 0 bridgehead atoms. The van der Waals surface area contributed by atoms with Crippen molar-refractivity contribution in [2.75, 3.05) is 13.2 Å². The fourth-order valence-electron chi connectivity index (χ4n) is 2.71. The van der Waals surface area contributed by atoms with Gasteiger partial charge in [-0.2, -0.15) is 0 Å². The third-order valence-corrected chi connectivity index (χ3v) is 10.5. The predicted molar refractivity (Wildman–Crippen MR) is 85.8 cm³/mol. The second-order valence-electron chi connectivity index (χ2n) is 5.94. The van der Waals surface area contributed by atoms with Crippen molar-refractivity contribution in [2.45, 2.75) is 58.2 Å². The second kappa shape index (κ2) is 10.0. The quantitative estimate of drug-likeness (QED) is 0.108. The Hall–Kier alpha value is 0.0695. The summed E-state index contributed by atoms with van der Waals surface area (Å²) in [5.74, 6) is 0. The van der Waals surface area contributed by atoms with Crippen molar-refractivity contribution in [2.24, 2.45) is 0 Å². The Morgan fingerprint density at radius 1 is 1.04 bits per heavy atom. The standard InChI is InChI=1S/C12H24O12SSe/c13-1-5(15)9(19)11(24-25(21,22)23)8(18)4-26-3-7(17)10(20)12(26)6(16)2-14/h5-20H,1-4H2/p+1/t5-,6-,7+,8+,9-,10+,11-,12-,26?/m1/s1. The van der Waals surface area contributed by atoms with Crippen LogP contribution in [-0.4, -0.2) is 124 Å². The maximum atomic E-state index is 10.9. The molecule has 0 spiro atoms. The van der Waals surface area contributed by atoms with Crippen LogP contribution >= 0.6 is 0 Å². The minimum atomic E-state index is -5.13. The molecule has 1 fully saturated rings. The van der Waals surface area contributed by atoms with Crippen molar-refractivity contribution in [1.29, 1.82) is 0 Å². The first-order valence-electron chi connectivity index (χ1n) is 7.55. The van der Waals surface area contributed by atoms with Crippen LogP contribution in [0.1, 0.15) is 0 Å². The topological polar surface area (TPSA) is 225 Å². The predicted octanol–water partition coefficient (Wildman–Crippen LogP) is -4.80. The normalized spacial score (nSPS) is 32.8. The van der Waals surface area contributed by atoms with E-state index in [0.717, 1.165) is 0 Å². The molecule has 0 aromatic heterocycles. The van der Waals surface area contributed by atoms with E-state index in [-0.39, 0.29) is 10.6 Å². The van der Waals surface area contributed by atoms with Crippen molar-refractivity contribution in [1.82, 2.24) is 0 Å². The molecule has 14 heteroatoms. The van der Waals surface area contributed by atoms with E-state index < -0.39 is 85.1 Å². The number of hydrogen-bond donors (Lipinski definition) is 9. The average Bonchev–Trinajstić information content (AvgIpc) is 2.83.